The van der Waals surface area contributed by atoms with Crippen LogP contribution < -0.4 is 5.32 Å². The van der Waals surface area contributed by atoms with Crippen LogP contribution in [0, 0.1) is 18.6 Å². The first-order valence-corrected chi connectivity index (χ1v) is 7.76. The van der Waals surface area contributed by atoms with Gasteiger partial charge in [-0.1, -0.05) is 6.07 Å². The van der Waals surface area contributed by atoms with Gasteiger partial charge in [0.1, 0.15) is 30.4 Å². The average Bonchev–Trinajstić information content (AvgIpc) is 3.02. The van der Waals surface area contributed by atoms with E-state index in [0.717, 1.165) is 23.3 Å². The van der Waals surface area contributed by atoms with E-state index in [1.165, 1.54) is 0 Å². The van der Waals surface area contributed by atoms with Gasteiger partial charge in [0, 0.05) is 18.5 Å². The van der Waals surface area contributed by atoms with Crippen molar-refractivity contribution >= 4 is 17.5 Å². The molecular weight excluding hydrogens is 344 g/mol. The van der Waals surface area contributed by atoms with Gasteiger partial charge in [0.2, 0.25) is 0 Å². The van der Waals surface area contributed by atoms with Crippen LogP contribution in [0.25, 0.3) is 5.65 Å². The van der Waals surface area contributed by atoms with E-state index in [9.17, 15) is 18.4 Å². The molecule has 0 aliphatic rings. The number of esters is 1. The number of halogens is 2. The van der Waals surface area contributed by atoms with Crippen LogP contribution in [-0.2, 0) is 16.1 Å². The SMILES string of the molecule is Cc1cccn2cc(COC(=O)CNC(=O)c3ccc(F)cc3F)nc12. The van der Waals surface area contributed by atoms with Crippen molar-refractivity contribution < 1.29 is 23.1 Å². The van der Waals surface area contributed by atoms with Crippen LogP contribution in [0.3, 0.4) is 0 Å². The molecule has 1 N–H and O–H groups in total. The Kier molecular flexibility index (Phi) is 4.92. The van der Waals surface area contributed by atoms with Gasteiger partial charge in [-0.15, -0.1) is 0 Å². The molecule has 3 rings (SSSR count). The minimum absolute atomic E-state index is 0.0548. The molecule has 26 heavy (non-hydrogen) atoms. The van der Waals surface area contributed by atoms with Crippen LogP contribution in [0.2, 0.25) is 0 Å². The Bertz CT molecular complexity index is 985. The van der Waals surface area contributed by atoms with Crippen LogP contribution in [0.4, 0.5) is 8.78 Å². The van der Waals surface area contributed by atoms with Crippen molar-refractivity contribution in [1.29, 1.82) is 0 Å². The van der Waals surface area contributed by atoms with E-state index in [-0.39, 0.29) is 12.2 Å². The molecule has 0 spiro atoms. The summed E-state index contributed by atoms with van der Waals surface area (Å²) in [5, 5.41) is 2.23. The number of nitrogens with zero attached hydrogens (tertiary/aromatic N) is 2. The largest absolute Gasteiger partial charge is 0.458 e. The fourth-order valence-electron chi connectivity index (χ4n) is 2.40. The Morgan fingerprint density at radius 3 is 2.81 bits per heavy atom. The van der Waals surface area contributed by atoms with Gasteiger partial charge in [-0.3, -0.25) is 9.59 Å². The summed E-state index contributed by atoms with van der Waals surface area (Å²) in [5.41, 5.74) is 1.95. The van der Waals surface area contributed by atoms with Gasteiger partial charge < -0.3 is 14.5 Å². The van der Waals surface area contributed by atoms with Gasteiger partial charge in [-0.05, 0) is 30.7 Å². The summed E-state index contributed by atoms with van der Waals surface area (Å²) in [6.07, 6.45) is 3.57. The summed E-state index contributed by atoms with van der Waals surface area (Å²) >= 11 is 0. The van der Waals surface area contributed by atoms with Crippen molar-refractivity contribution in [3.8, 4) is 0 Å². The number of pyridine rings is 1. The van der Waals surface area contributed by atoms with Crippen LogP contribution in [0.5, 0.6) is 0 Å². The lowest BCUT2D eigenvalue weighted by Crippen LogP contribution is -2.31. The van der Waals surface area contributed by atoms with Gasteiger partial charge >= 0.3 is 5.97 Å². The van der Waals surface area contributed by atoms with Crippen molar-refractivity contribution in [2.75, 3.05) is 6.54 Å². The lowest BCUT2D eigenvalue weighted by Gasteiger charge is -2.06. The molecule has 0 bridgehead atoms. The molecule has 0 aliphatic heterocycles. The second-order valence-corrected chi connectivity index (χ2v) is 5.62. The number of imidazole rings is 1. The van der Waals surface area contributed by atoms with Crippen LogP contribution in [0.15, 0.2) is 42.7 Å². The smallest absolute Gasteiger partial charge is 0.325 e. The van der Waals surface area contributed by atoms with E-state index in [2.05, 4.69) is 10.3 Å². The predicted octanol–water partition coefficient (Wildman–Crippen LogP) is 2.39. The zero-order valence-electron chi connectivity index (χ0n) is 13.8. The molecule has 2 heterocycles. The van der Waals surface area contributed by atoms with Crippen molar-refractivity contribution in [3.63, 3.8) is 0 Å². The number of aromatic nitrogens is 2. The molecule has 134 valence electrons. The Balaban J connectivity index is 1.53. The van der Waals surface area contributed by atoms with E-state index >= 15 is 0 Å². The van der Waals surface area contributed by atoms with Gasteiger partial charge in [0.25, 0.3) is 5.91 Å². The van der Waals surface area contributed by atoms with E-state index in [0.29, 0.717) is 11.8 Å². The first-order valence-electron chi connectivity index (χ1n) is 7.76. The second-order valence-electron chi connectivity index (χ2n) is 5.62. The third-order valence-electron chi connectivity index (χ3n) is 3.68. The van der Waals surface area contributed by atoms with E-state index in [1.54, 1.807) is 6.20 Å². The van der Waals surface area contributed by atoms with Gasteiger partial charge in [0.05, 0.1) is 11.3 Å². The van der Waals surface area contributed by atoms with E-state index < -0.39 is 30.1 Å². The molecule has 1 aromatic carbocycles. The highest BCUT2D eigenvalue weighted by atomic mass is 19.1. The zero-order valence-corrected chi connectivity index (χ0v) is 13.8. The van der Waals surface area contributed by atoms with E-state index in [4.69, 9.17) is 4.74 Å². The van der Waals surface area contributed by atoms with Crippen LogP contribution >= 0.6 is 0 Å². The summed E-state index contributed by atoms with van der Waals surface area (Å²) in [4.78, 5) is 27.9. The Labute approximate surface area is 147 Å². The number of hydrogen-bond acceptors (Lipinski definition) is 4. The van der Waals surface area contributed by atoms with Crippen molar-refractivity contribution in [2.24, 2.45) is 0 Å². The molecule has 1 amide bonds. The van der Waals surface area contributed by atoms with Gasteiger partial charge in [-0.2, -0.15) is 0 Å². The zero-order chi connectivity index (χ0) is 18.7. The summed E-state index contributed by atoms with van der Waals surface area (Å²) < 4.78 is 33.2. The van der Waals surface area contributed by atoms with Crippen LogP contribution in [0.1, 0.15) is 21.6 Å². The highest BCUT2D eigenvalue weighted by Crippen LogP contribution is 2.11. The molecule has 0 atom stereocenters. The monoisotopic (exact) mass is 359 g/mol. The standard InChI is InChI=1S/C18H15F2N3O3/c1-11-3-2-6-23-9-13(22-17(11)23)10-26-16(24)8-21-18(25)14-5-4-12(19)7-15(14)20/h2-7,9H,8,10H2,1H3,(H,21,25). The van der Waals surface area contributed by atoms with Crippen molar-refractivity contribution in [2.45, 2.75) is 13.5 Å². The Morgan fingerprint density at radius 2 is 2.08 bits per heavy atom. The summed E-state index contributed by atoms with van der Waals surface area (Å²) in [6, 6.07) is 6.36. The number of rotatable bonds is 5. The number of carbonyl (C=O) groups excluding carboxylic acids is 2. The highest BCUT2D eigenvalue weighted by molar-refractivity contribution is 5.96. The average molecular weight is 359 g/mol. The number of ether oxygens (including phenoxy) is 1. The molecule has 0 saturated carbocycles. The molecular formula is C18H15F2N3O3. The minimum atomic E-state index is -1.00. The maximum Gasteiger partial charge on any atom is 0.325 e. The Morgan fingerprint density at radius 1 is 1.27 bits per heavy atom. The number of aryl methyl sites for hydroxylation is 1. The summed E-state index contributed by atoms with van der Waals surface area (Å²) in [7, 11) is 0. The second kappa shape index (κ2) is 7.30. The summed E-state index contributed by atoms with van der Waals surface area (Å²) in [5.74, 6) is -3.32. The third-order valence-corrected chi connectivity index (χ3v) is 3.68. The molecule has 6 nitrogen and oxygen atoms in total. The fourth-order valence-corrected chi connectivity index (χ4v) is 2.40. The van der Waals surface area contributed by atoms with E-state index in [1.807, 2.05) is 29.7 Å². The summed E-state index contributed by atoms with van der Waals surface area (Å²) in [6.45, 7) is 1.42. The first-order chi connectivity index (χ1) is 12.4. The Hall–Kier alpha value is -3.29. The molecule has 0 saturated heterocycles. The normalized spacial score (nSPS) is 10.7. The van der Waals surface area contributed by atoms with Crippen molar-refractivity contribution in [1.82, 2.24) is 14.7 Å². The van der Waals surface area contributed by atoms with Gasteiger partial charge in [0.15, 0.2) is 0 Å². The predicted molar refractivity (Wildman–Crippen MR) is 88.4 cm³/mol. The molecule has 0 unspecified atom stereocenters. The van der Waals surface area contributed by atoms with Crippen LogP contribution in [-0.4, -0.2) is 27.8 Å². The molecule has 0 radical (unpaired) electrons. The number of carbonyl (C=O) groups is 2. The fraction of sp³-hybridized carbons (Fsp3) is 0.167. The van der Waals surface area contributed by atoms with Gasteiger partial charge in [-0.25, -0.2) is 13.8 Å². The third kappa shape index (κ3) is 3.85. The topological polar surface area (TPSA) is 72.7 Å². The maximum absolute atomic E-state index is 13.5. The minimum Gasteiger partial charge on any atom is -0.458 e. The first kappa shape index (κ1) is 17.5. The lowest BCUT2D eigenvalue weighted by molar-refractivity contribution is -0.143. The lowest BCUT2D eigenvalue weighted by atomic mass is 10.2. The highest BCUT2D eigenvalue weighted by Gasteiger charge is 2.14. The molecule has 0 aliphatic carbocycles. The van der Waals surface area contributed by atoms with Crippen molar-refractivity contribution in [3.05, 3.63) is 71.2 Å². The number of fused-ring (bicyclic) bond motifs is 1. The molecule has 0 fully saturated rings. The number of benzene rings is 1. The maximum atomic E-state index is 13.5. The number of amides is 1. The molecule has 8 heteroatoms. The number of hydrogen-bond donors (Lipinski definition) is 1. The molecule has 2 aromatic heterocycles. The molecule has 3 aromatic rings. The quantitative estimate of drug-likeness (QED) is 0.710. The number of nitrogens with one attached hydrogen (secondary N) is 1.